The van der Waals surface area contributed by atoms with E-state index in [1.165, 1.54) is 30.2 Å². The molecule has 17 heavy (non-hydrogen) atoms. The highest BCUT2D eigenvalue weighted by Gasteiger charge is 2.16. The average Bonchev–Trinajstić information content (AvgIpc) is 2.77. The first-order valence-electron chi connectivity index (χ1n) is 6.19. The molecule has 1 aliphatic heterocycles. The van der Waals surface area contributed by atoms with E-state index in [1.807, 2.05) is 6.20 Å². The van der Waals surface area contributed by atoms with Crippen LogP contribution in [-0.4, -0.2) is 27.3 Å². The number of thioether (sulfide) groups is 1. The molecule has 1 N–H and O–H groups in total. The van der Waals surface area contributed by atoms with Crippen LogP contribution in [-0.2, 0) is 0 Å². The second-order valence-corrected chi connectivity index (χ2v) is 5.67. The molecular weight excluding hydrogens is 254 g/mol. The van der Waals surface area contributed by atoms with Crippen molar-refractivity contribution < 1.29 is 0 Å². The topological polar surface area (TPSA) is 29.9 Å². The van der Waals surface area contributed by atoms with Gasteiger partial charge in [-0.3, -0.25) is 0 Å². The number of hydrogen-bond donors (Lipinski definition) is 1. The van der Waals surface area contributed by atoms with Crippen LogP contribution in [0, 0.1) is 0 Å². The lowest BCUT2D eigenvalue weighted by atomic mass is 10.1. The molecule has 5 heteroatoms. The summed E-state index contributed by atoms with van der Waals surface area (Å²) in [6, 6.07) is 3.21. The highest BCUT2D eigenvalue weighted by atomic mass is 35.5. The number of nitrogens with zero attached hydrogens (tertiary/aromatic N) is 2. The lowest BCUT2D eigenvalue weighted by Crippen LogP contribution is -2.26. The molecule has 1 fully saturated rings. The summed E-state index contributed by atoms with van der Waals surface area (Å²) in [6.45, 7) is 4.42. The summed E-state index contributed by atoms with van der Waals surface area (Å²) >= 11 is 2.06. The van der Waals surface area contributed by atoms with Gasteiger partial charge in [0.25, 0.3) is 0 Å². The summed E-state index contributed by atoms with van der Waals surface area (Å²) in [4.78, 5) is 0. The fraction of sp³-hybridized carbons (Fsp3) is 0.750. The molecule has 0 spiro atoms. The Balaban J connectivity index is 0.00000144. The fourth-order valence-electron chi connectivity index (χ4n) is 2.00. The van der Waals surface area contributed by atoms with Gasteiger partial charge in [-0.05, 0) is 37.7 Å². The molecule has 0 saturated carbocycles. The number of hydrogen-bond acceptors (Lipinski definition) is 3. The molecule has 2 heterocycles. The first-order valence-corrected chi connectivity index (χ1v) is 7.34. The van der Waals surface area contributed by atoms with E-state index >= 15 is 0 Å². The van der Waals surface area contributed by atoms with Gasteiger partial charge in [-0.25, -0.2) is 4.68 Å². The monoisotopic (exact) mass is 275 g/mol. The molecule has 1 aliphatic rings. The van der Waals surface area contributed by atoms with Crippen molar-refractivity contribution in [1.29, 1.82) is 0 Å². The Morgan fingerprint density at radius 1 is 1.53 bits per heavy atom. The van der Waals surface area contributed by atoms with E-state index in [0.717, 1.165) is 6.42 Å². The third kappa shape index (κ3) is 3.81. The van der Waals surface area contributed by atoms with Gasteiger partial charge in [0.2, 0.25) is 0 Å². The van der Waals surface area contributed by atoms with Crippen molar-refractivity contribution in [3.8, 4) is 0 Å². The molecule has 98 valence electrons. The summed E-state index contributed by atoms with van der Waals surface area (Å²) in [6.07, 6.45) is 5.57. The van der Waals surface area contributed by atoms with Crippen LogP contribution in [0.1, 0.15) is 39.2 Å². The van der Waals surface area contributed by atoms with Crippen LogP contribution < -0.4 is 5.32 Å². The first kappa shape index (κ1) is 14.7. The molecule has 1 aromatic heterocycles. The zero-order chi connectivity index (χ0) is 11.4. The molecule has 0 aromatic carbocycles. The largest absolute Gasteiger partial charge is 0.367 e. The third-order valence-corrected chi connectivity index (χ3v) is 4.30. The zero-order valence-corrected chi connectivity index (χ0v) is 12.2. The Kier molecular flexibility index (Phi) is 6.20. The van der Waals surface area contributed by atoms with Gasteiger partial charge < -0.3 is 5.32 Å². The number of halogens is 1. The zero-order valence-electron chi connectivity index (χ0n) is 10.6. The minimum atomic E-state index is 0. The lowest BCUT2D eigenvalue weighted by Gasteiger charge is -2.25. The molecule has 0 aliphatic carbocycles. The number of nitrogens with one attached hydrogen (secondary N) is 1. The summed E-state index contributed by atoms with van der Waals surface area (Å²) in [7, 11) is 0. The first-order chi connectivity index (χ1) is 7.81. The van der Waals surface area contributed by atoms with Crippen LogP contribution in [0.15, 0.2) is 12.3 Å². The van der Waals surface area contributed by atoms with Crippen molar-refractivity contribution in [2.45, 2.75) is 45.2 Å². The van der Waals surface area contributed by atoms with E-state index in [9.17, 15) is 0 Å². The minimum absolute atomic E-state index is 0. The van der Waals surface area contributed by atoms with E-state index in [2.05, 4.69) is 46.8 Å². The van der Waals surface area contributed by atoms with Gasteiger partial charge in [0, 0.05) is 12.1 Å². The molecule has 1 saturated heterocycles. The maximum atomic E-state index is 4.40. The Morgan fingerprint density at radius 2 is 2.24 bits per heavy atom. The van der Waals surface area contributed by atoms with Gasteiger partial charge >= 0.3 is 0 Å². The van der Waals surface area contributed by atoms with Crippen LogP contribution in [0.3, 0.4) is 0 Å². The maximum Gasteiger partial charge on any atom is 0.124 e. The van der Waals surface area contributed by atoms with Gasteiger partial charge in [-0.2, -0.15) is 16.9 Å². The van der Waals surface area contributed by atoms with Gasteiger partial charge in [-0.15, -0.1) is 12.4 Å². The van der Waals surface area contributed by atoms with Crippen LogP contribution in [0.2, 0.25) is 0 Å². The number of aromatic nitrogens is 2. The smallest absolute Gasteiger partial charge is 0.124 e. The van der Waals surface area contributed by atoms with Crippen LogP contribution in [0.4, 0.5) is 5.82 Å². The second kappa shape index (κ2) is 7.17. The van der Waals surface area contributed by atoms with Crippen molar-refractivity contribution in [3.63, 3.8) is 0 Å². The van der Waals surface area contributed by atoms with Crippen molar-refractivity contribution in [2.75, 3.05) is 16.8 Å². The summed E-state index contributed by atoms with van der Waals surface area (Å²) < 4.78 is 2.11. The van der Waals surface area contributed by atoms with Crippen molar-refractivity contribution in [2.24, 2.45) is 0 Å². The summed E-state index contributed by atoms with van der Waals surface area (Å²) in [5, 5.41) is 8.03. The molecule has 0 bridgehead atoms. The molecule has 2 rings (SSSR count). The SMILES string of the molecule is CCC(C)n1nccc1NC1CCSCC1.Cl. The van der Waals surface area contributed by atoms with E-state index < -0.39 is 0 Å². The maximum absolute atomic E-state index is 4.40. The molecule has 1 unspecified atom stereocenters. The Hall–Kier alpha value is -0.350. The van der Waals surface area contributed by atoms with Crippen molar-refractivity contribution >= 4 is 30.0 Å². The van der Waals surface area contributed by atoms with Crippen LogP contribution in [0.25, 0.3) is 0 Å². The van der Waals surface area contributed by atoms with Gasteiger partial charge in [0.1, 0.15) is 5.82 Å². The predicted octanol–water partition coefficient (Wildman–Crippen LogP) is 3.58. The Labute approximate surface area is 114 Å². The van der Waals surface area contributed by atoms with Crippen LogP contribution in [0.5, 0.6) is 0 Å². The van der Waals surface area contributed by atoms with E-state index in [0.29, 0.717) is 12.1 Å². The quantitative estimate of drug-likeness (QED) is 0.911. The average molecular weight is 276 g/mol. The number of anilines is 1. The Morgan fingerprint density at radius 3 is 2.88 bits per heavy atom. The van der Waals surface area contributed by atoms with E-state index in [-0.39, 0.29) is 12.4 Å². The normalized spacial score (nSPS) is 18.5. The van der Waals surface area contributed by atoms with Gasteiger partial charge in [0.05, 0.1) is 12.2 Å². The molecule has 1 atom stereocenters. The molecule has 0 amide bonds. The molecular formula is C12H22ClN3S. The lowest BCUT2D eigenvalue weighted by molar-refractivity contribution is 0.479. The van der Waals surface area contributed by atoms with E-state index in [1.54, 1.807) is 0 Å². The molecule has 0 radical (unpaired) electrons. The van der Waals surface area contributed by atoms with Gasteiger partial charge in [0.15, 0.2) is 0 Å². The highest BCUT2D eigenvalue weighted by Crippen LogP contribution is 2.22. The predicted molar refractivity (Wildman–Crippen MR) is 78.4 cm³/mol. The Bertz CT molecular complexity index is 323. The molecule has 3 nitrogen and oxygen atoms in total. The van der Waals surface area contributed by atoms with Crippen LogP contribution >= 0.6 is 24.2 Å². The third-order valence-electron chi connectivity index (χ3n) is 3.25. The number of rotatable bonds is 4. The second-order valence-electron chi connectivity index (χ2n) is 4.45. The fourth-order valence-corrected chi connectivity index (χ4v) is 3.11. The molecule has 1 aromatic rings. The highest BCUT2D eigenvalue weighted by molar-refractivity contribution is 7.99. The van der Waals surface area contributed by atoms with Gasteiger partial charge in [-0.1, -0.05) is 6.92 Å². The summed E-state index contributed by atoms with van der Waals surface area (Å²) in [5.41, 5.74) is 0. The van der Waals surface area contributed by atoms with E-state index in [4.69, 9.17) is 0 Å². The summed E-state index contributed by atoms with van der Waals surface area (Å²) in [5.74, 6) is 3.76. The minimum Gasteiger partial charge on any atom is -0.367 e. The standard InChI is InChI=1S/C12H21N3S.ClH/c1-3-10(2)15-12(4-7-13-15)14-11-5-8-16-9-6-11;/h4,7,10-11,14H,3,5-6,8-9H2,1-2H3;1H. The van der Waals surface area contributed by atoms with Crippen molar-refractivity contribution in [1.82, 2.24) is 9.78 Å². The van der Waals surface area contributed by atoms with Crippen molar-refractivity contribution in [3.05, 3.63) is 12.3 Å².